The van der Waals surface area contributed by atoms with E-state index in [4.69, 9.17) is 23.2 Å². The van der Waals surface area contributed by atoms with Crippen LogP contribution in [0.3, 0.4) is 0 Å². The van der Waals surface area contributed by atoms with E-state index in [1.165, 1.54) is 11.1 Å². The van der Waals surface area contributed by atoms with Crippen molar-refractivity contribution in [2.45, 2.75) is 6.42 Å². The minimum atomic E-state index is -0.0390. The third-order valence-corrected chi connectivity index (χ3v) is 5.89. The monoisotopic (exact) mass is 475 g/mol. The second-order valence-electron chi connectivity index (χ2n) is 7.85. The standard InChI is InChI=1S/C23H17Cl2NO.C4H6N2/c1-26-22-10-7-16(11-15-5-8-18(24)9-6-15)12-21(22)20(14-23(26)27)17-3-2-4-19(25)13-17;1-6-3-2-5-4-6/h2-10,12-14H,11H2,1H3;2-4H,1H3. The van der Waals surface area contributed by atoms with Gasteiger partial charge in [-0.25, -0.2) is 4.98 Å². The Morgan fingerprint density at radius 2 is 1.61 bits per heavy atom. The lowest BCUT2D eigenvalue weighted by Crippen LogP contribution is -2.16. The predicted octanol–water partition coefficient (Wildman–Crippen LogP) is 6.52. The molecule has 0 radical (unpaired) electrons. The van der Waals surface area contributed by atoms with Crippen LogP contribution >= 0.6 is 23.2 Å². The molecule has 3 aromatic carbocycles. The van der Waals surface area contributed by atoms with E-state index in [-0.39, 0.29) is 5.56 Å². The Hall–Kier alpha value is -3.34. The van der Waals surface area contributed by atoms with Crippen LogP contribution < -0.4 is 5.56 Å². The van der Waals surface area contributed by atoms with Gasteiger partial charge in [0, 0.05) is 48.0 Å². The summed E-state index contributed by atoms with van der Waals surface area (Å²) in [6.45, 7) is 0. The average Bonchev–Trinajstić information content (AvgIpc) is 3.29. The molecule has 4 nitrogen and oxygen atoms in total. The molecule has 33 heavy (non-hydrogen) atoms. The first kappa shape index (κ1) is 22.8. The summed E-state index contributed by atoms with van der Waals surface area (Å²) in [5.74, 6) is 0. The summed E-state index contributed by atoms with van der Waals surface area (Å²) in [7, 11) is 3.73. The van der Waals surface area contributed by atoms with Crippen LogP contribution in [0.25, 0.3) is 22.0 Å². The van der Waals surface area contributed by atoms with E-state index < -0.39 is 0 Å². The van der Waals surface area contributed by atoms with Gasteiger partial charge in [-0.05, 0) is 65.1 Å². The van der Waals surface area contributed by atoms with E-state index >= 15 is 0 Å². The quantitative estimate of drug-likeness (QED) is 0.297. The van der Waals surface area contributed by atoms with Crippen LogP contribution in [0.15, 0.2) is 96.3 Å². The zero-order chi connectivity index (χ0) is 23.4. The molecule has 0 saturated heterocycles. The minimum Gasteiger partial charge on any atom is -0.341 e. The Bertz CT molecular complexity index is 1440. The number of aromatic nitrogens is 3. The van der Waals surface area contributed by atoms with Gasteiger partial charge in [0.1, 0.15) is 0 Å². The highest BCUT2D eigenvalue weighted by Crippen LogP contribution is 2.30. The van der Waals surface area contributed by atoms with Crippen molar-refractivity contribution in [1.82, 2.24) is 14.1 Å². The number of pyridine rings is 1. The summed E-state index contributed by atoms with van der Waals surface area (Å²) in [6.07, 6.45) is 6.19. The van der Waals surface area contributed by atoms with Gasteiger partial charge in [0.2, 0.25) is 0 Å². The molecular weight excluding hydrogens is 453 g/mol. The fourth-order valence-electron chi connectivity index (χ4n) is 3.68. The van der Waals surface area contributed by atoms with E-state index in [0.717, 1.165) is 33.5 Å². The van der Waals surface area contributed by atoms with Gasteiger partial charge in [-0.2, -0.15) is 0 Å². The van der Waals surface area contributed by atoms with E-state index in [1.54, 1.807) is 30.2 Å². The lowest BCUT2D eigenvalue weighted by atomic mass is 9.97. The molecule has 0 saturated carbocycles. The lowest BCUT2D eigenvalue weighted by molar-refractivity contribution is 0.906. The van der Waals surface area contributed by atoms with Crippen molar-refractivity contribution in [3.05, 3.63) is 123 Å². The van der Waals surface area contributed by atoms with Crippen LogP contribution in [0, 0.1) is 0 Å². The molecule has 5 rings (SSSR count). The van der Waals surface area contributed by atoms with E-state index in [9.17, 15) is 4.79 Å². The van der Waals surface area contributed by atoms with Crippen molar-refractivity contribution in [3.63, 3.8) is 0 Å². The molecule has 0 bridgehead atoms. The van der Waals surface area contributed by atoms with Crippen molar-refractivity contribution >= 4 is 34.1 Å². The van der Waals surface area contributed by atoms with E-state index in [1.807, 2.05) is 72.4 Å². The molecule has 0 spiro atoms. The van der Waals surface area contributed by atoms with Gasteiger partial charge in [-0.1, -0.05) is 53.5 Å². The highest BCUT2D eigenvalue weighted by atomic mass is 35.5. The number of rotatable bonds is 3. The number of halogens is 2. The van der Waals surface area contributed by atoms with Crippen molar-refractivity contribution in [1.29, 1.82) is 0 Å². The Morgan fingerprint density at radius 1 is 0.848 bits per heavy atom. The van der Waals surface area contributed by atoms with Crippen LogP contribution in [0.4, 0.5) is 0 Å². The van der Waals surface area contributed by atoms with E-state index in [2.05, 4.69) is 17.1 Å². The highest BCUT2D eigenvalue weighted by Gasteiger charge is 2.10. The number of hydrogen-bond donors (Lipinski definition) is 0. The minimum absolute atomic E-state index is 0.0390. The summed E-state index contributed by atoms with van der Waals surface area (Å²) in [5, 5.41) is 2.42. The largest absolute Gasteiger partial charge is 0.341 e. The first-order valence-electron chi connectivity index (χ1n) is 10.5. The maximum atomic E-state index is 12.4. The van der Waals surface area contributed by atoms with Gasteiger partial charge in [0.15, 0.2) is 0 Å². The number of benzene rings is 3. The number of imidazole rings is 1. The second kappa shape index (κ2) is 10.1. The van der Waals surface area contributed by atoms with Crippen molar-refractivity contribution in [2.24, 2.45) is 14.1 Å². The number of fused-ring (bicyclic) bond motifs is 1. The molecule has 2 aromatic heterocycles. The summed E-state index contributed by atoms with van der Waals surface area (Å²) in [6, 6.07) is 23.4. The van der Waals surface area contributed by atoms with Gasteiger partial charge in [0.25, 0.3) is 5.56 Å². The Labute approximate surface area is 202 Å². The lowest BCUT2D eigenvalue weighted by Gasteiger charge is -2.13. The number of aryl methyl sites for hydroxylation is 2. The molecule has 0 N–H and O–H groups in total. The summed E-state index contributed by atoms with van der Waals surface area (Å²) in [4.78, 5) is 16.2. The van der Waals surface area contributed by atoms with Gasteiger partial charge >= 0.3 is 0 Å². The second-order valence-corrected chi connectivity index (χ2v) is 8.72. The van der Waals surface area contributed by atoms with Crippen LogP contribution in [-0.4, -0.2) is 14.1 Å². The molecule has 0 unspecified atom stereocenters. The molecule has 0 atom stereocenters. The SMILES string of the molecule is Cn1c(=O)cc(-c2cccc(Cl)c2)c2cc(Cc3ccc(Cl)cc3)ccc21.Cn1ccnc1. The fraction of sp³-hybridized carbons (Fsp3) is 0.111. The van der Waals surface area contributed by atoms with Gasteiger partial charge < -0.3 is 9.13 Å². The van der Waals surface area contributed by atoms with Gasteiger partial charge in [-0.3, -0.25) is 4.79 Å². The maximum Gasteiger partial charge on any atom is 0.251 e. The fourth-order valence-corrected chi connectivity index (χ4v) is 3.99. The zero-order valence-electron chi connectivity index (χ0n) is 18.4. The smallest absolute Gasteiger partial charge is 0.251 e. The highest BCUT2D eigenvalue weighted by molar-refractivity contribution is 6.31. The Morgan fingerprint density at radius 3 is 2.24 bits per heavy atom. The molecule has 0 aliphatic rings. The van der Waals surface area contributed by atoms with E-state index in [0.29, 0.717) is 5.02 Å². The third kappa shape index (κ3) is 5.54. The molecule has 6 heteroatoms. The van der Waals surface area contributed by atoms with Crippen LogP contribution in [0.5, 0.6) is 0 Å². The third-order valence-electron chi connectivity index (χ3n) is 5.40. The topological polar surface area (TPSA) is 39.8 Å². The predicted molar refractivity (Wildman–Crippen MR) is 137 cm³/mol. The van der Waals surface area contributed by atoms with Crippen molar-refractivity contribution < 1.29 is 0 Å². The molecule has 2 heterocycles. The molecular formula is C27H23Cl2N3O. The van der Waals surface area contributed by atoms with Gasteiger partial charge in [-0.15, -0.1) is 0 Å². The number of nitrogens with zero attached hydrogens (tertiary/aromatic N) is 3. The van der Waals surface area contributed by atoms with Crippen molar-refractivity contribution in [2.75, 3.05) is 0 Å². The van der Waals surface area contributed by atoms with Crippen LogP contribution in [0.2, 0.25) is 10.0 Å². The molecule has 0 fully saturated rings. The number of hydrogen-bond acceptors (Lipinski definition) is 2. The maximum absolute atomic E-state index is 12.4. The zero-order valence-corrected chi connectivity index (χ0v) is 19.9. The van der Waals surface area contributed by atoms with Crippen molar-refractivity contribution in [3.8, 4) is 11.1 Å². The molecule has 0 amide bonds. The average molecular weight is 476 g/mol. The molecule has 166 valence electrons. The van der Waals surface area contributed by atoms with Crippen LogP contribution in [0.1, 0.15) is 11.1 Å². The molecule has 0 aliphatic carbocycles. The molecule has 5 aromatic rings. The first-order valence-corrected chi connectivity index (χ1v) is 11.2. The summed E-state index contributed by atoms with van der Waals surface area (Å²) < 4.78 is 3.56. The van der Waals surface area contributed by atoms with Gasteiger partial charge in [0.05, 0.1) is 11.8 Å². The van der Waals surface area contributed by atoms with Crippen LogP contribution in [-0.2, 0) is 20.5 Å². The Balaban J connectivity index is 0.000000376. The normalized spacial score (nSPS) is 10.7. The summed E-state index contributed by atoms with van der Waals surface area (Å²) >= 11 is 12.2. The molecule has 0 aliphatic heterocycles. The Kier molecular flexibility index (Phi) is 6.97. The summed E-state index contributed by atoms with van der Waals surface area (Å²) in [5.41, 5.74) is 5.06. The first-order chi connectivity index (χ1) is 15.9.